The Labute approximate surface area is 179 Å². The molecule has 0 spiro atoms. The molecule has 8 nitrogen and oxygen atoms in total. The summed E-state index contributed by atoms with van der Waals surface area (Å²) in [6.45, 7) is 11.1. The van der Waals surface area contributed by atoms with Crippen LogP contribution in [0.25, 0.3) is 0 Å². The zero-order valence-electron chi connectivity index (χ0n) is 18.8. The molecule has 1 fully saturated rings. The van der Waals surface area contributed by atoms with Gasteiger partial charge in [-0.3, -0.25) is 0 Å². The van der Waals surface area contributed by atoms with E-state index in [1.807, 2.05) is 39.5 Å². The van der Waals surface area contributed by atoms with Gasteiger partial charge in [-0.25, -0.2) is 18.0 Å². The summed E-state index contributed by atoms with van der Waals surface area (Å²) in [5.41, 5.74) is 0.109. The molecular formula is C21H32N2O6S. The van der Waals surface area contributed by atoms with E-state index >= 15 is 0 Å². The van der Waals surface area contributed by atoms with Crippen LogP contribution in [0.1, 0.15) is 45.0 Å². The molecule has 168 valence electrons. The molecule has 30 heavy (non-hydrogen) atoms. The third kappa shape index (κ3) is 5.65. The first-order chi connectivity index (χ1) is 13.7. The third-order valence-electron chi connectivity index (χ3n) is 4.95. The summed E-state index contributed by atoms with van der Waals surface area (Å²) in [7, 11) is -2.42. The van der Waals surface area contributed by atoms with E-state index in [1.54, 1.807) is 11.0 Å². The highest BCUT2D eigenvalue weighted by molar-refractivity contribution is 7.90. The molecule has 1 aliphatic rings. The molecule has 0 aliphatic carbocycles. The summed E-state index contributed by atoms with van der Waals surface area (Å²) < 4.78 is 34.8. The van der Waals surface area contributed by atoms with E-state index in [9.17, 15) is 18.0 Å². The van der Waals surface area contributed by atoms with Crippen molar-refractivity contribution in [2.45, 2.75) is 51.2 Å². The first kappa shape index (κ1) is 24.0. The van der Waals surface area contributed by atoms with Gasteiger partial charge in [-0.1, -0.05) is 13.8 Å². The third-order valence-corrected chi connectivity index (χ3v) is 6.09. The van der Waals surface area contributed by atoms with Crippen LogP contribution in [0.5, 0.6) is 0 Å². The van der Waals surface area contributed by atoms with Crippen molar-refractivity contribution in [2.75, 3.05) is 37.9 Å². The highest BCUT2D eigenvalue weighted by atomic mass is 32.2. The average Bonchev–Trinajstić information content (AvgIpc) is 2.64. The standard InChI is InChI=1S/C21H32N2O6S/c1-14(2)17-13-22(10-11-23(17)20(25)29-21(3,4)5)15-8-9-16(19(24)28-6)18(12-15)30(7,26)27/h8-9,12,14,17H,10-11,13H2,1-7H3/t17-/m1/s1. The first-order valence-electron chi connectivity index (χ1n) is 9.91. The normalized spacial score (nSPS) is 17.8. The van der Waals surface area contributed by atoms with Crippen molar-refractivity contribution in [2.24, 2.45) is 5.92 Å². The molecule has 1 aliphatic heterocycles. The predicted octanol–water partition coefficient (Wildman–Crippen LogP) is 2.96. The van der Waals surface area contributed by atoms with Crippen molar-refractivity contribution in [3.05, 3.63) is 23.8 Å². The Bertz CT molecular complexity index is 905. The lowest BCUT2D eigenvalue weighted by molar-refractivity contribution is 0.00881. The predicted molar refractivity (Wildman–Crippen MR) is 115 cm³/mol. The number of carbonyl (C=O) groups excluding carboxylic acids is 2. The minimum absolute atomic E-state index is 0.0107. The molecule has 0 unspecified atom stereocenters. The number of rotatable bonds is 4. The number of ether oxygens (including phenoxy) is 2. The van der Waals surface area contributed by atoms with Gasteiger partial charge in [0, 0.05) is 31.6 Å². The molecule has 0 aromatic heterocycles. The average molecular weight is 441 g/mol. The van der Waals surface area contributed by atoms with E-state index in [1.165, 1.54) is 19.2 Å². The highest BCUT2D eigenvalue weighted by Crippen LogP contribution is 2.28. The van der Waals surface area contributed by atoms with Gasteiger partial charge in [-0.05, 0) is 44.9 Å². The Hall–Kier alpha value is -2.29. The molecule has 1 heterocycles. The number of hydrogen-bond donors (Lipinski definition) is 0. The van der Waals surface area contributed by atoms with Gasteiger partial charge < -0.3 is 19.3 Å². The number of methoxy groups -OCH3 is 1. The van der Waals surface area contributed by atoms with Gasteiger partial charge in [0.2, 0.25) is 0 Å². The number of sulfone groups is 1. The largest absolute Gasteiger partial charge is 0.465 e. The minimum Gasteiger partial charge on any atom is -0.465 e. The van der Waals surface area contributed by atoms with Gasteiger partial charge in [-0.15, -0.1) is 0 Å². The zero-order chi connectivity index (χ0) is 22.9. The maximum Gasteiger partial charge on any atom is 0.410 e. The van der Waals surface area contributed by atoms with Gasteiger partial charge in [-0.2, -0.15) is 0 Å². The molecule has 9 heteroatoms. The van der Waals surface area contributed by atoms with Crippen molar-refractivity contribution in [1.29, 1.82) is 0 Å². The smallest absolute Gasteiger partial charge is 0.410 e. The van der Waals surface area contributed by atoms with E-state index in [2.05, 4.69) is 0 Å². The monoisotopic (exact) mass is 440 g/mol. The summed E-state index contributed by atoms with van der Waals surface area (Å²) in [5, 5.41) is 0. The van der Waals surface area contributed by atoms with Gasteiger partial charge >= 0.3 is 12.1 Å². The number of benzene rings is 1. The molecule has 1 amide bonds. The van der Waals surface area contributed by atoms with Gasteiger partial charge in [0.1, 0.15) is 5.60 Å². The van der Waals surface area contributed by atoms with Crippen LogP contribution >= 0.6 is 0 Å². The second kappa shape index (κ2) is 8.83. The van der Waals surface area contributed by atoms with E-state index in [-0.39, 0.29) is 28.5 Å². The number of hydrogen-bond acceptors (Lipinski definition) is 7. The van der Waals surface area contributed by atoms with Crippen LogP contribution in [-0.2, 0) is 19.3 Å². The fourth-order valence-electron chi connectivity index (χ4n) is 3.46. The number of nitrogens with zero attached hydrogens (tertiary/aromatic N) is 2. The number of piperazine rings is 1. The van der Waals surface area contributed by atoms with Crippen LogP contribution < -0.4 is 4.90 Å². The highest BCUT2D eigenvalue weighted by Gasteiger charge is 2.35. The maximum atomic E-state index is 12.7. The minimum atomic E-state index is -3.64. The molecule has 1 saturated heterocycles. The summed E-state index contributed by atoms with van der Waals surface area (Å²) in [6, 6.07) is 4.58. The Balaban J connectivity index is 2.34. The SMILES string of the molecule is COC(=O)c1ccc(N2CCN(C(=O)OC(C)(C)C)[C@@H](C(C)C)C2)cc1S(C)(=O)=O. The summed E-state index contributed by atoms with van der Waals surface area (Å²) in [5.74, 6) is -0.527. The molecule has 1 aromatic rings. The lowest BCUT2D eigenvalue weighted by Crippen LogP contribution is -2.58. The van der Waals surface area contributed by atoms with E-state index in [4.69, 9.17) is 9.47 Å². The van der Waals surface area contributed by atoms with Crippen molar-refractivity contribution in [3.63, 3.8) is 0 Å². The number of anilines is 1. The molecule has 0 saturated carbocycles. The lowest BCUT2D eigenvalue weighted by Gasteiger charge is -2.44. The maximum absolute atomic E-state index is 12.7. The van der Waals surface area contributed by atoms with Gasteiger partial charge in [0.15, 0.2) is 9.84 Å². The molecule has 1 atom stereocenters. The fraction of sp³-hybridized carbons (Fsp3) is 0.619. The van der Waals surface area contributed by atoms with Crippen molar-refractivity contribution < 1.29 is 27.5 Å². The Morgan fingerprint density at radius 2 is 1.80 bits per heavy atom. The first-order valence-corrected chi connectivity index (χ1v) is 11.8. The van der Waals surface area contributed by atoms with Crippen molar-refractivity contribution in [3.8, 4) is 0 Å². The molecule has 2 rings (SSSR count). The van der Waals surface area contributed by atoms with E-state index < -0.39 is 21.4 Å². The second-order valence-electron chi connectivity index (χ2n) is 8.88. The molecule has 0 N–H and O–H groups in total. The van der Waals surface area contributed by atoms with Crippen LogP contribution in [0.3, 0.4) is 0 Å². The van der Waals surface area contributed by atoms with E-state index in [0.29, 0.717) is 25.3 Å². The Kier molecular flexibility index (Phi) is 7.06. The number of carbonyl (C=O) groups is 2. The van der Waals surface area contributed by atoms with Crippen LogP contribution in [0.15, 0.2) is 23.1 Å². The summed E-state index contributed by atoms with van der Waals surface area (Å²) in [4.78, 5) is 28.4. The lowest BCUT2D eigenvalue weighted by atomic mass is 9.99. The number of amides is 1. The van der Waals surface area contributed by atoms with Crippen LogP contribution in [0.4, 0.5) is 10.5 Å². The van der Waals surface area contributed by atoms with E-state index in [0.717, 1.165) is 6.26 Å². The van der Waals surface area contributed by atoms with Crippen molar-refractivity contribution in [1.82, 2.24) is 4.90 Å². The molecular weight excluding hydrogens is 408 g/mol. The zero-order valence-corrected chi connectivity index (χ0v) is 19.6. The molecule has 0 bridgehead atoms. The van der Waals surface area contributed by atoms with Gasteiger partial charge in [0.05, 0.1) is 23.6 Å². The van der Waals surface area contributed by atoms with Crippen molar-refractivity contribution >= 4 is 27.6 Å². The van der Waals surface area contributed by atoms with Crippen LogP contribution in [0, 0.1) is 5.92 Å². The number of esters is 1. The van der Waals surface area contributed by atoms with Gasteiger partial charge in [0.25, 0.3) is 0 Å². The summed E-state index contributed by atoms with van der Waals surface area (Å²) >= 11 is 0. The van der Waals surface area contributed by atoms with Crippen LogP contribution in [-0.4, -0.2) is 70.0 Å². The summed E-state index contributed by atoms with van der Waals surface area (Å²) in [6.07, 6.45) is 0.717. The topological polar surface area (TPSA) is 93.2 Å². The Morgan fingerprint density at radius 1 is 1.17 bits per heavy atom. The molecule has 0 radical (unpaired) electrons. The Morgan fingerprint density at radius 3 is 2.30 bits per heavy atom. The molecule has 1 aromatic carbocycles. The second-order valence-corrected chi connectivity index (χ2v) is 10.9. The van der Waals surface area contributed by atoms with Crippen LogP contribution in [0.2, 0.25) is 0 Å². The quantitative estimate of drug-likeness (QED) is 0.665. The fourth-order valence-corrected chi connectivity index (χ4v) is 4.34.